The lowest BCUT2D eigenvalue weighted by molar-refractivity contribution is -0.156. The predicted molar refractivity (Wildman–Crippen MR) is 65.7 cm³/mol. The molecule has 0 unspecified atom stereocenters. The Morgan fingerprint density at radius 1 is 1.00 bits per heavy atom. The Balaban J connectivity index is 2.08. The number of aliphatic hydroxyl groups is 4. The summed E-state index contributed by atoms with van der Waals surface area (Å²) in [6.45, 7) is -0.291. The molecule has 106 valence electrons. The molecule has 0 saturated heterocycles. The zero-order chi connectivity index (χ0) is 14.0. The maximum atomic E-state index is 9.87. The minimum atomic E-state index is -1.35. The third-order valence-corrected chi connectivity index (χ3v) is 3.46. The minimum Gasteiger partial charge on any atom is -0.508 e. The first-order chi connectivity index (χ1) is 9.02. The topological polar surface area (TPSA) is 110 Å². The first-order valence-electron chi connectivity index (χ1n) is 6.13. The van der Waals surface area contributed by atoms with Gasteiger partial charge in [0.15, 0.2) is 0 Å². The van der Waals surface area contributed by atoms with Gasteiger partial charge < -0.3 is 30.3 Å². The quantitative estimate of drug-likeness (QED) is 0.493. The summed E-state index contributed by atoms with van der Waals surface area (Å²) >= 11 is 0. The first kappa shape index (κ1) is 14.1. The van der Waals surface area contributed by atoms with Gasteiger partial charge in [0.1, 0.15) is 29.8 Å². The second kappa shape index (κ2) is 5.75. The third-order valence-electron chi connectivity index (χ3n) is 3.46. The van der Waals surface area contributed by atoms with Gasteiger partial charge >= 0.3 is 0 Å². The van der Waals surface area contributed by atoms with Gasteiger partial charge in [0.05, 0.1) is 6.10 Å². The summed E-state index contributed by atoms with van der Waals surface area (Å²) in [7, 11) is 0. The summed E-state index contributed by atoms with van der Waals surface area (Å²) in [5.41, 5.74) is 0. The maximum absolute atomic E-state index is 9.87. The van der Waals surface area contributed by atoms with Crippen molar-refractivity contribution in [1.29, 1.82) is 0 Å². The summed E-state index contributed by atoms with van der Waals surface area (Å²) in [5.74, 6) is -0.0112. The highest BCUT2D eigenvalue weighted by molar-refractivity contribution is 5.30. The van der Waals surface area contributed by atoms with Crippen LogP contribution in [0.1, 0.15) is 6.42 Å². The van der Waals surface area contributed by atoms with Crippen molar-refractivity contribution in [3.8, 4) is 11.5 Å². The van der Waals surface area contributed by atoms with Crippen LogP contribution in [0.2, 0.25) is 0 Å². The van der Waals surface area contributed by atoms with Crippen molar-refractivity contribution < 1.29 is 30.3 Å². The normalized spacial score (nSPS) is 35.1. The molecular weight excluding hydrogens is 252 g/mol. The Morgan fingerprint density at radius 3 is 2.21 bits per heavy atom. The Morgan fingerprint density at radius 2 is 1.63 bits per heavy atom. The van der Waals surface area contributed by atoms with E-state index in [0.717, 1.165) is 0 Å². The van der Waals surface area contributed by atoms with Crippen LogP contribution in [-0.2, 0) is 0 Å². The summed E-state index contributed by atoms with van der Waals surface area (Å²) in [6, 6.07) is 5.96. The Labute approximate surface area is 110 Å². The van der Waals surface area contributed by atoms with Crippen molar-refractivity contribution in [3.63, 3.8) is 0 Å². The number of aromatic hydroxyl groups is 1. The second-order valence-corrected chi connectivity index (χ2v) is 4.80. The van der Waals surface area contributed by atoms with Crippen molar-refractivity contribution in [1.82, 2.24) is 0 Å². The molecule has 2 rings (SSSR count). The number of phenols is 1. The zero-order valence-electron chi connectivity index (χ0n) is 10.3. The number of rotatable bonds is 3. The van der Waals surface area contributed by atoms with Crippen LogP contribution in [0.5, 0.6) is 11.5 Å². The molecule has 1 fully saturated rings. The van der Waals surface area contributed by atoms with E-state index in [4.69, 9.17) is 14.9 Å². The van der Waals surface area contributed by atoms with Crippen LogP contribution in [0.25, 0.3) is 0 Å². The summed E-state index contributed by atoms with van der Waals surface area (Å²) in [5, 5.41) is 47.6. The minimum absolute atomic E-state index is 0.0974. The van der Waals surface area contributed by atoms with Crippen LogP contribution < -0.4 is 4.74 Å². The molecule has 0 aliphatic heterocycles. The predicted octanol–water partition coefficient (Wildman–Crippen LogP) is -0.766. The number of hydrogen-bond donors (Lipinski definition) is 5. The molecule has 6 nitrogen and oxygen atoms in total. The van der Waals surface area contributed by atoms with E-state index in [1.807, 2.05) is 0 Å². The summed E-state index contributed by atoms with van der Waals surface area (Å²) in [4.78, 5) is 0. The first-order valence-corrected chi connectivity index (χ1v) is 6.13. The molecule has 5 atom stereocenters. The van der Waals surface area contributed by atoms with Crippen molar-refractivity contribution in [3.05, 3.63) is 24.3 Å². The molecule has 6 heteroatoms. The number of ether oxygens (including phenoxy) is 1. The lowest BCUT2D eigenvalue weighted by Crippen LogP contribution is -2.56. The fourth-order valence-electron chi connectivity index (χ4n) is 2.28. The van der Waals surface area contributed by atoms with Crippen molar-refractivity contribution in [2.45, 2.75) is 30.8 Å². The number of aliphatic hydroxyl groups excluding tert-OH is 4. The second-order valence-electron chi connectivity index (χ2n) is 4.80. The van der Waals surface area contributed by atoms with Gasteiger partial charge in [-0.3, -0.25) is 0 Å². The van der Waals surface area contributed by atoms with Crippen molar-refractivity contribution >= 4 is 0 Å². The molecule has 0 aromatic heterocycles. The molecule has 0 spiro atoms. The Bertz CT molecular complexity index is 404. The van der Waals surface area contributed by atoms with Crippen LogP contribution in [0.4, 0.5) is 0 Å². The van der Waals surface area contributed by atoms with E-state index in [2.05, 4.69) is 0 Å². The van der Waals surface area contributed by atoms with E-state index in [-0.39, 0.29) is 18.8 Å². The summed E-state index contributed by atoms with van der Waals surface area (Å²) in [6.07, 6.45) is -4.24. The van der Waals surface area contributed by atoms with Crippen LogP contribution >= 0.6 is 0 Å². The van der Waals surface area contributed by atoms with Gasteiger partial charge in [0, 0.05) is 12.5 Å². The largest absolute Gasteiger partial charge is 0.508 e. The van der Waals surface area contributed by atoms with Gasteiger partial charge in [0.2, 0.25) is 0 Å². The van der Waals surface area contributed by atoms with Gasteiger partial charge in [-0.15, -0.1) is 0 Å². The number of phenolic OH excluding ortho intramolecular Hbond substituents is 1. The standard InChI is InChI=1S/C13H18O6/c14-6-7-5-10(12(17)13(18)11(7)16)19-9-3-1-8(15)2-4-9/h1-4,7,10-18H,5-6H2/t7-,10+,11-,12+,13+/m1/s1. The fourth-order valence-corrected chi connectivity index (χ4v) is 2.28. The van der Waals surface area contributed by atoms with Crippen LogP contribution in [0.15, 0.2) is 24.3 Å². The molecule has 1 saturated carbocycles. The number of hydrogen-bond acceptors (Lipinski definition) is 6. The van der Waals surface area contributed by atoms with Gasteiger partial charge in [-0.1, -0.05) is 0 Å². The van der Waals surface area contributed by atoms with E-state index >= 15 is 0 Å². The Kier molecular flexibility index (Phi) is 4.26. The average Bonchev–Trinajstić information content (AvgIpc) is 2.42. The van der Waals surface area contributed by atoms with Gasteiger partial charge in [0.25, 0.3) is 0 Å². The van der Waals surface area contributed by atoms with Crippen LogP contribution in [-0.4, -0.2) is 56.6 Å². The molecule has 19 heavy (non-hydrogen) atoms. The van der Waals surface area contributed by atoms with E-state index in [9.17, 15) is 15.3 Å². The molecule has 0 amide bonds. The summed E-state index contributed by atoms with van der Waals surface area (Å²) < 4.78 is 5.53. The van der Waals surface area contributed by atoms with E-state index < -0.39 is 30.3 Å². The monoisotopic (exact) mass is 270 g/mol. The molecule has 1 aliphatic rings. The highest BCUT2D eigenvalue weighted by atomic mass is 16.5. The van der Waals surface area contributed by atoms with Crippen molar-refractivity contribution in [2.24, 2.45) is 5.92 Å². The molecular formula is C13H18O6. The molecule has 1 aromatic rings. The number of benzene rings is 1. The SMILES string of the molecule is OC[C@H]1C[C@H](Oc2ccc(O)cc2)[C@H](O)[C@@H](O)[C@@H]1O. The fraction of sp³-hybridized carbons (Fsp3) is 0.538. The molecule has 1 aromatic carbocycles. The zero-order valence-corrected chi connectivity index (χ0v) is 10.3. The van der Waals surface area contributed by atoms with Crippen LogP contribution in [0, 0.1) is 5.92 Å². The third kappa shape index (κ3) is 2.98. The van der Waals surface area contributed by atoms with E-state index in [1.165, 1.54) is 24.3 Å². The van der Waals surface area contributed by atoms with Crippen molar-refractivity contribution in [2.75, 3.05) is 6.61 Å². The lowest BCUT2D eigenvalue weighted by atomic mass is 9.81. The smallest absolute Gasteiger partial charge is 0.128 e. The molecule has 0 heterocycles. The average molecular weight is 270 g/mol. The van der Waals surface area contributed by atoms with Crippen LogP contribution in [0.3, 0.4) is 0 Å². The molecule has 5 N–H and O–H groups in total. The molecule has 0 bridgehead atoms. The van der Waals surface area contributed by atoms with E-state index in [0.29, 0.717) is 5.75 Å². The Hall–Kier alpha value is -1.34. The lowest BCUT2D eigenvalue weighted by Gasteiger charge is -2.39. The van der Waals surface area contributed by atoms with Gasteiger partial charge in [-0.05, 0) is 30.7 Å². The van der Waals surface area contributed by atoms with Gasteiger partial charge in [-0.2, -0.15) is 0 Å². The highest BCUT2D eigenvalue weighted by Gasteiger charge is 2.43. The van der Waals surface area contributed by atoms with Gasteiger partial charge in [-0.25, -0.2) is 0 Å². The highest BCUT2D eigenvalue weighted by Crippen LogP contribution is 2.29. The molecule has 0 radical (unpaired) electrons. The van der Waals surface area contributed by atoms with E-state index in [1.54, 1.807) is 0 Å². The molecule has 1 aliphatic carbocycles. The maximum Gasteiger partial charge on any atom is 0.128 e.